The van der Waals surface area contributed by atoms with Crippen molar-refractivity contribution in [3.63, 3.8) is 0 Å². The Balaban J connectivity index is 1.53. The SMILES string of the molecule is COCc1ccc(C(=O)N2CCN(Cc3cccs3)CC2)cc1. The molecule has 0 saturated carbocycles. The number of nitrogens with zero attached hydrogens (tertiary/aromatic N) is 2. The third-order valence-corrected chi connectivity index (χ3v) is 4.99. The number of hydrogen-bond acceptors (Lipinski definition) is 4. The topological polar surface area (TPSA) is 32.8 Å². The fourth-order valence-electron chi connectivity index (χ4n) is 2.82. The molecule has 0 bridgehead atoms. The number of methoxy groups -OCH3 is 1. The van der Waals surface area contributed by atoms with E-state index in [2.05, 4.69) is 22.4 Å². The molecule has 3 rings (SSSR count). The first kappa shape index (κ1) is 16.2. The summed E-state index contributed by atoms with van der Waals surface area (Å²) in [6.45, 7) is 5.03. The van der Waals surface area contributed by atoms with Crippen LogP contribution in [0.4, 0.5) is 0 Å². The monoisotopic (exact) mass is 330 g/mol. The molecule has 1 aromatic heterocycles. The molecule has 1 aliphatic heterocycles. The predicted octanol–water partition coefficient (Wildman–Crippen LogP) is 2.85. The van der Waals surface area contributed by atoms with Gasteiger partial charge >= 0.3 is 0 Å². The average Bonchev–Trinajstić information content (AvgIpc) is 3.09. The van der Waals surface area contributed by atoms with Gasteiger partial charge in [-0.1, -0.05) is 18.2 Å². The number of carbonyl (C=O) groups is 1. The molecule has 1 aromatic carbocycles. The highest BCUT2D eigenvalue weighted by atomic mass is 32.1. The fourth-order valence-corrected chi connectivity index (χ4v) is 3.57. The molecule has 0 spiro atoms. The van der Waals surface area contributed by atoms with Crippen molar-refractivity contribution in [2.24, 2.45) is 0 Å². The van der Waals surface area contributed by atoms with Gasteiger partial charge in [-0.15, -0.1) is 11.3 Å². The van der Waals surface area contributed by atoms with Crippen molar-refractivity contribution in [3.05, 3.63) is 57.8 Å². The summed E-state index contributed by atoms with van der Waals surface area (Å²) in [7, 11) is 1.68. The van der Waals surface area contributed by atoms with E-state index in [1.165, 1.54) is 4.88 Å². The molecule has 5 heteroatoms. The van der Waals surface area contributed by atoms with E-state index in [1.54, 1.807) is 18.4 Å². The summed E-state index contributed by atoms with van der Waals surface area (Å²) in [4.78, 5) is 18.3. The molecule has 2 aromatic rings. The van der Waals surface area contributed by atoms with Gasteiger partial charge in [0.05, 0.1) is 6.61 Å². The molecule has 2 heterocycles. The lowest BCUT2D eigenvalue weighted by Gasteiger charge is -2.34. The molecular formula is C18H22N2O2S. The van der Waals surface area contributed by atoms with Crippen molar-refractivity contribution in [3.8, 4) is 0 Å². The summed E-state index contributed by atoms with van der Waals surface area (Å²) < 4.78 is 5.10. The first-order valence-electron chi connectivity index (χ1n) is 7.88. The van der Waals surface area contributed by atoms with Gasteiger partial charge in [0, 0.05) is 50.3 Å². The van der Waals surface area contributed by atoms with Crippen molar-refractivity contribution < 1.29 is 9.53 Å². The van der Waals surface area contributed by atoms with Gasteiger partial charge < -0.3 is 9.64 Å². The average molecular weight is 330 g/mol. The second kappa shape index (κ2) is 7.73. The van der Waals surface area contributed by atoms with Crippen LogP contribution in [0, 0.1) is 0 Å². The number of piperazine rings is 1. The van der Waals surface area contributed by atoms with E-state index in [0.29, 0.717) is 6.61 Å². The number of rotatable bonds is 5. The third kappa shape index (κ3) is 4.19. The second-order valence-electron chi connectivity index (χ2n) is 5.78. The molecule has 1 amide bonds. The van der Waals surface area contributed by atoms with E-state index >= 15 is 0 Å². The quantitative estimate of drug-likeness (QED) is 0.845. The number of benzene rings is 1. The van der Waals surface area contributed by atoms with Crippen molar-refractivity contribution in [2.45, 2.75) is 13.2 Å². The summed E-state index contributed by atoms with van der Waals surface area (Å²) in [6.07, 6.45) is 0. The van der Waals surface area contributed by atoms with Crippen LogP contribution in [0.1, 0.15) is 20.8 Å². The van der Waals surface area contributed by atoms with Crippen LogP contribution >= 0.6 is 11.3 Å². The Labute approximate surface area is 141 Å². The van der Waals surface area contributed by atoms with Crippen LogP contribution in [-0.2, 0) is 17.9 Å². The van der Waals surface area contributed by atoms with Crippen LogP contribution in [0.2, 0.25) is 0 Å². The Morgan fingerprint density at radius 1 is 1.13 bits per heavy atom. The highest BCUT2D eigenvalue weighted by Crippen LogP contribution is 2.15. The van der Waals surface area contributed by atoms with Gasteiger partial charge in [-0.3, -0.25) is 9.69 Å². The van der Waals surface area contributed by atoms with Crippen LogP contribution in [0.15, 0.2) is 41.8 Å². The van der Waals surface area contributed by atoms with Crippen molar-refractivity contribution >= 4 is 17.2 Å². The Kier molecular flexibility index (Phi) is 5.43. The largest absolute Gasteiger partial charge is 0.380 e. The minimum absolute atomic E-state index is 0.129. The molecule has 1 fully saturated rings. The van der Waals surface area contributed by atoms with Crippen molar-refractivity contribution in [1.82, 2.24) is 9.80 Å². The van der Waals surface area contributed by atoms with Crippen LogP contribution in [0.25, 0.3) is 0 Å². The van der Waals surface area contributed by atoms with E-state index in [0.717, 1.165) is 43.9 Å². The van der Waals surface area contributed by atoms with Crippen molar-refractivity contribution in [2.75, 3.05) is 33.3 Å². The Morgan fingerprint density at radius 2 is 1.87 bits per heavy atom. The van der Waals surface area contributed by atoms with Gasteiger partial charge in [0.2, 0.25) is 0 Å². The summed E-state index contributed by atoms with van der Waals surface area (Å²) in [5, 5.41) is 2.11. The molecule has 4 nitrogen and oxygen atoms in total. The highest BCUT2D eigenvalue weighted by Gasteiger charge is 2.22. The molecule has 122 valence electrons. The van der Waals surface area contributed by atoms with Crippen LogP contribution < -0.4 is 0 Å². The maximum atomic E-state index is 12.6. The van der Waals surface area contributed by atoms with E-state index in [9.17, 15) is 4.79 Å². The van der Waals surface area contributed by atoms with E-state index in [4.69, 9.17) is 4.74 Å². The Hall–Kier alpha value is -1.69. The van der Waals surface area contributed by atoms with Crippen molar-refractivity contribution in [1.29, 1.82) is 0 Å². The van der Waals surface area contributed by atoms with Gasteiger partial charge in [-0.05, 0) is 29.1 Å². The zero-order valence-electron chi connectivity index (χ0n) is 13.4. The van der Waals surface area contributed by atoms with E-state index in [-0.39, 0.29) is 5.91 Å². The maximum Gasteiger partial charge on any atom is 0.253 e. The zero-order valence-corrected chi connectivity index (χ0v) is 14.2. The lowest BCUT2D eigenvalue weighted by Crippen LogP contribution is -2.48. The number of carbonyl (C=O) groups excluding carboxylic acids is 1. The van der Waals surface area contributed by atoms with E-state index in [1.807, 2.05) is 29.2 Å². The highest BCUT2D eigenvalue weighted by molar-refractivity contribution is 7.09. The first-order chi connectivity index (χ1) is 11.3. The van der Waals surface area contributed by atoms with Gasteiger partial charge in [-0.2, -0.15) is 0 Å². The second-order valence-corrected chi connectivity index (χ2v) is 6.81. The van der Waals surface area contributed by atoms with Gasteiger partial charge in [-0.25, -0.2) is 0 Å². The molecule has 0 unspecified atom stereocenters. The van der Waals surface area contributed by atoms with Gasteiger partial charge in [0.1, 0.15) is 0 Å². The molecule has 0 N–H and O–H groups in total. The number of hydrogen-bond donors (Lipinski definition) is 0. The fraction of sp³-hybridized carbons (Fsp3) is 0.389. The molecular weight excluding hydrogens is 308 g/mol. The summed E-state index contributed by atoms with van der Waals surface area (Å²) in [5.41, 5.74) is 1.85. The summed E-state index contributed by atoms with van der Waals surface area (Å²) in [6, 6.07) is 12.0. The maximum absolute atomic E-state index is 12.6. The van der Waals surface area contributed by atoms with Crippen LogP contribution in [0.5, 0.6) is 0 Å². The number of thiophene rings is 1. The lowest BCUT2D eigenvalue weighted by molar-refractivity contribution is 0.0629. The lowest BCUT2D eigenvalue weighted by atomic mass is 10.1. The zero-order chi connectivity index (χ0) is 16.1. The Morgan fingerprint density at radius 3 is 2.48 bits per heavy atom. The normalized spacial score (nSPS) is 15.8. The Bertz CT molecular complexity index is 617. The molecule has 1 saturated heterocycles. The third-order valence-electron chi connectivity index (χ3n) is 4.13. The molecule has 0 radical (unpaired) electrons. The van der Waals surface area contributed by atoms with Crippen LogP contribution in [0.3, 0.4) is 0 Å². The minimum Gasteiger partial charge on any atom is -0.380 e. The van der Waals surface area contributed by atoms with E-state index < -0.39 is 0 Å². The summed E-state index contributed by atoms with van der Waals surface area (Å²) >= 11 is 1.79. The predicted molar refractivity (Wildman–Crippen MR) is 92.7 cm³/mol. The number of ether oxygens (including phenoxy) is 1. The molecule has 0 atom stereocenters. The molecule has 23 heavy (non-hydrogen) atoms. The smallest absolute Gasteiger partial charge is 0.253 e. The first-order valence-corrected chi connectivity index (χ1v) is 8.76. The summed E-state index contributed by atoms with van der Waals surface area (Å²) in [5.74, 6) is 0.129. The van der Waals surface area contributed by atoms with Gasteiger partial charge in [0.15, 0.2) is 0 Å². The molecule has 0 aliphatic carbocycles. The van der Waals surface area contributed by atoms with Crippen LogP contribution in [-0.4, -0.2) is 49.0 Å². The standard InChI is InChI=1S/C18H22N2O2S/c1-22-14-15-4-6-16(7-5-15)18(21)20-10-8-19(9-11-20)13-17-3-2-12-23-17/h2-7,12H,8-11,13-14H2,1H3. The van der Waals surface area contributed by atoms with Gasteiger partial charge in [0.25, 0.3) is 5.91 Å². The minimum atomic E-state index is 0.129. The molecule has 1 aliphatic rings. The number of amides is 1.